The Morgan fingerprint density at radius 3 is 2.20 bits per heavy atom. The second kappa shape index (κ2) is 9.84. The van der Waals surface area contributed by atoms with Crippen LogP contribution in [0.5, 0.6) is 17.2 Å². The van der Waals surface area contributed by atoms with Crippen molar-refractivity contribution < 1.29 is 28.2 Å². The number of benzene rings is 2. The first-order chi connectivity index (χ1) is 14.5. The Bertz CT molecular complexity index is 1010. The largest absolute Gasteiger partial charge is 0.495 e. The highest BCUT2D eigenvalue weighted by molar-refractivity contribution is 9.10. The number of carbonyl (C=O) groups excluding carboxylic acids is 2. The number of amides is 2. The summed E-state index contributed by atoms with van der Waals surface area (Å²) in [6, 6.07) is 15.4. The van der Waals surface area contributed by atoms with E-state index in [2.05, 4.69) is 26.8 Å². The molecule has 0 saturated carbocycles. The molecule has 30 heavy (non-hydrogen) atoms. The van der Waals surface area contributed by atoms with Gasteiger partial charge in [-0.2, -0.15) is 0 Å². The fraction of sp³-hybridized carbons (Fsp3) is 0.143. The zero-order chi connectivity index (χ0) is 21.5. The van der Waals surface area contributed by atoms with Crippen LogP contribution in [-0.4, -0.2) is 26.0 Å². The molecule has 0 fully saturated rings. The molecule has 1 heterocycles. The van der Waals surface area contributed by atoms with Gasteiger partial charge in [0.15, 0.2) is 5.76 Å². The molecule has 9 heteroatoms. The molecule has 0 unspecified atom stereocenters. The SMILES string of the molecule is COc1cc(C(=O)NNC(=O)c2ccc(COc3ccccc3)o2)cc(OC)c1Br. The Hall–Kier alpha value is -3.46. The van der Waals surface area contributed by atoms with Crippen molar-refractivity contribution in [3.63, 3.8) is 0 Å². The predicted octanol–water partition coefficient (Wildman–Crippen LogP) is 3.71. The minimum absolute atomic E-state index is 0.0351. The molecule has 3 rings (SSSR count). The van der Waals surface area contributed by atoms with Crippen LogP contribution in [0, 0.1) is 0 Å². The van der Waals surface area contributed by atoms with E-state index in [1.165, 1.54) is 32.4 Å². The van der Waals surface area contributed by atoms with Gasteiger partial charge < -0.3 is 18.6 Å². The molecule has 2 aromatic carbocycles. The molecular formula is C21H19BrN2O6. The molecule has 2 amide bonds. The lowest BCUT2D eigenvalue weighted by Gasteiger charge is -2.12. The molecule has 0 bridgehead atoms. The van der Waals surface area contributed by atoms with E-state index >= 15 is 0 Å². The molecule has 0 radical (unpaired) electrons. The maximum atomic E-state index is 12.4. The van der Waals surface area contributed by atoms with Crippen LogP contribution < -0.4 is 25.1 Å². The lowest BCUT2D eigenvalue weighted by Crippen LogP contribution is -2.41. The van der Waals surface area contributed by atoms with Gasteiger partial charge in [0.25, 0.3) is 5.91 Å². The number of hydrazine groups is 1. The molecular weight excluding hydrogens is 456 g/mol. The molecule has 2 N–H and O–H groups in total. The zero-order valence-corrected chi connectivity index (χ0v) is 17.8. The van der Waals surface area contributed by atoms with Gasteiger partial charge in [-0.05, 0) is 52.3 Å². The summed E-state index contributed by atoms with van der Waals surface area (Å²) in [7, 11) is 2.94. The molecule has 0 aliphatic carbocycles. The maximum Gasteiger partial charge on any atom is 0.305 e. The number of nitrogens with one attached hydrogen (secondary N) is 2. The first-order valence-electron chi connectivity index (χ1n) is 8.80. The van der Waals surface area contributed by atoms with Crippen LogP contribution >= 0.6 is 15.9 Å². The molecule has 0 aliphatic heterocycles. The van der Waals surface area contributed by atoms with Crippen molar-refractivity contribution in [2.24, 2.45) is 0 Å². The summed E-state index contributed by atoms with van der Waals surface area (Å²) in [5.41, 5.74) is 4.88. The molecule has 0 spiro atoms. The highest BCUT2D eigenvalue weighted by Gasteiger charge is 2.17. The topological polar surface area (TPSA) is 99.0 Å². The number of para-hydroxylation sites is 1. The standard InChI is InChI=1S/C21H19BrN2O6/c1-27-17-10-13(11-18(28-2)19(17)22)20(25)23-24-21(26)16-9-8-15(30-16)12-29-14-6-4-3-5-7-14/h3-11H,12H2,1-2H3,(H,23,25)(H,24,26). The van der Waals surface area contributed by atoms with Gasteiger partial charge in [0.1, 0.15) is 34.1 Å². The Labute approximate surface area is 181 Å². The van der Waals surface area contributed by atoms with Crippen molar-refractivity contribution in [3.8, 4) is 17.2 Å². The minimum Gasteiger partial charge on any atom is -0.495 e. The van der Waals surface area contributed by atoms with Crippen LogP contribution in [0.25, 0.3) is 0 Å². The van der Waals surface area contributed by atoms with Crippen molar-refractivity contribution in [2.75, 3.05) is 14.2 Å². The van der Waals surface area contributed by atoms with Crippen LogP contribution in [0.4, 0.5) is 0 Å². The summed E-state index contributed by atoms with van der Waals surface area (Å²) in [5, 5.41) is 0. The van der Waals surface area contributed by atoms with Crippen molar-refractivity contribution in [1.82, 2.24) is 10.9 Å². The van der Waals surface area contributed by atoms with E-state index in [4.69, 9.17) is 18.6 Å². The number of rotatable bonds is 7. The number of carbonyl (C=O) groups is 2. The smallest absolute Gasteiger partial charge is 0.305 e. The summed E-state index contributed by atoms with van der Waals surface area (Å²) in [6.45, 7) is 0.169. The van der Waals surface area contributed by atoms with Crippen LogP contribution in [0.3, 0.4) is 0 Å². The van der Waals surface area contributed by atoms with Gasteiger partial charge in [0.2, 0.25) is 0 Å². The summed E-state index contributed by atoms with van der Waals surface area (Å²) in [4.78, 5) is 24.6. The van der Waals surface area contributed by atoms with Crippen molar-refractivity contribution in [1.29, 1.82) is 0 Å². The van der Waals surface area contributed by atoms with Gasteiger partial charge in [0, 0.05) is 5.56 Å². The maximum absolute atomic E-state index is 12.4. The second-order valence-corrected chi connectivity index (χ2v) is 6.76. The zero-order valence-electron chi connectivity index (χ0n) is 16.2. The van der Waals surface area contributed by atoms with E-state index in [-0.39, 0.29) is 17.9 Å². The molecule has 1 aromatic heterocycles. The average molecular weight is 475 g/mol. The number of hydrogen-bond donors (Lipinski definition) is 2. The van der Waals surface area contributed by atoms with Crippen LogP contribution in [0.1, 0.15) is 26.7 Å². The van der Waals surface area contributed by atoms with E-state index in [9.17, 15) is 9.59 Å². The van der Waals surface area contributed by atoms with Gasteiger partial charge in [-0.1, -0.05) is 18.2 Å². The summed E-state index contributed by atoms with van der Waals surface area (Å²) in [6.07, 6.45) is 0. The van der Waals surface area contributed by atoms with E-state index in [0.29, 0.717) is 27.5 Å². The first-order valence-corrected chi connectivity index (χ1v) is 9.60. The number of methoxy groups -OCH3 is 2. The monoisotopic (exact) mass is 474 g/mol. The van der Waals surface area contributed by atoms with E-state index < -0.39 is 11.8 Å². The van der Waals surface area contributed by atoms with Crippen LogP contribution in [0.2, 0.25) is 0 Å². The second-order valence-electron chi connectivity index (χ2n) is 5.97. The summed E-state index contributed by atoms with van der Waals surface area (Å²) >= 11 is 3.33. The molecule has 0 saturated heterocycles. The van der Waals surface area contributed by atoms with E-state index in [1.54, 1.807) is 6.07 Å². The van der Waals surface area contributed by atoms with Gasteiger partial charge in [-0.25, -0.2) is 0 Å². The molecule has 156 valence electrons. The lowest BCUT2D eigenvalue weighted by molar-refractivity contribution is 0.0828. The minimum atomic E-state index is -0.606. The van der Waals surface area contributed by atoms with Crippen molar-refractivity contribution in [3.05, 3.63) is 76.2 Å². The molecule has 0 atom stereocenters. The van der Waals surface area contributed by atoms with Crippen LogP contribution in [0.15, 0.2) is 63.5 Å². The van der Waals surface area contributed by atoms with Gasteiger partial charge in [0.05, 0.1) is 14.2 Å². The molecule has 0 aliphatic rings. The number of furan rings is 1. The Morgan fingerprint density at radius 2 is 1.57 bits per heavy atom. The van der Waals surface area contributed by atoms with E-state index in [0.717, 1.165) is 0 Å². The quantitative estimate of drug-likeness (QED) is 0.506. The average Bonchev–Trinajstić information content (AvgIpc) is 3.26. The van der Waals surface area contributed by atoms with Gasteiger partial charge in [-0.15, -0.1) is 0 Å². The highest BCUT2D eigenvalue weighted by Crippen LogP contribution is 2.35. The highest BCUT2D eigenvalue weighted by atomic mass is 79.9. The lowest BCUT2D eigenvalue weighted by atomic mass is 10.2. The first kappa shape index (κ1) is 21.3. The van der Waals surface area contributed by atoms with E-state index in [1.807, 2.05) is 30.3 Å². The van der Waals surface area contributed by atoms with Gasteiger partial charge >= 0.3 is 5.91 Å². The van der Waals surface area contributed by atoms with Crippen molar-refractivity contribution >= 4 is 27.7 Å². The molecule has 3 aromatic rings. The summed E-state index contributed by atoms with van der Waals surface area (Å²) in [5.74, 6) is 0.870. The molecule has 8 nitrogen and oxygen atoms in total. The summed E-state index contributed by atoms with van der Waals surface area (Å²) < 4.78 is 22.0. The van der Waals surface area contributed by atoms with Gasteiger partial charge in [-0.3, -0.25) is 20.4 Å². The third-order valence-corrected chi connectivity index (χ3v) is 4.79. The fourth-order valence-corrected chi connectivity index (χ4v) is 3.05. The van der Waals surface area contributed by atoms with Crippen molar-refractivity contribution in [2.45, 2.75) is 6.61 Å². The predicted molar refractivity (Wildman–Crippen MR) is 112 cm³/mol. The number of hydrogen-bond acceptors (Lipinski definition) is 6. The Balaban J connectivity index is 1.58. The van der Waals surface area contributed by atoms with Crippen LogP contribution in [-0.2, 0) is 6.61 Å². The fourth-order valence-electron chi connectivity index (χ4n) is 2.50. The third-order valence-electron chi connectivity index (χ3n) is 4.01. The normalized spacial score (nSPS) is 10.2. The third kappa shape index (κ3) is 5.12. The Kier molecular flexibility index (Phi) is 6.97. The number of ether oxygens (including phenoxy) is 3. The Morgan fingerprint density at radius 1 is 0.933 bits per heavy atom. The number of halogens is 1.